The number of hydrogen-bond acceptors (Lipinski definition) is 2. The molecule has 0 heterocycles. The van der Waals surface area contributed by atoms with Crippen LogP contribution < -0.4 is 0 Å². The van der Waals surface area contributed by atoms with E-state index >= 15 is 0 Å². The van der Waals surface area contributed by atoms with Crippen molar-refractivity contribution >= 4 is 5.97 Å². The molecule has 2 rings (SSSR count). The van der Waals surface area contributed by atoms with Gasteiger partial charge in [0.25, 0.3) is 0 Å². The lowest BCUT2D eigenvalue weighted by atomic mass is 10.1. The standard InChI is InChI=1S/C21H26O2/c22-21(17-8-7-15-19-11-3-1-4-12-19)23-18-10-9-16-20-13-5-2-6-14-20/h1-6,11-14H,7-10,15-18H2. The first kappa shape index (κ1) is 17.3. The van der Waals surface area contributed by atoms with Gasteiger partial charge in [-0.2, -0.15) is 0 Å². The third kappa shape index (κ3) is 7.64. The molecule has 2 aromatic rings. The minimum atomic E-state index is -0.0576. The average Bonchev–Trinajstić information content (AvgIpc) is 2.60. The maximum atomic E-state index is 11.7. The predicted molar refractivity (Wildman–Crippen MR) is 94.3 cm³/mol. The van der Waals surface area contributed by atoms with Crippen molar-refractivity contribution in [3.63, 3.8) is 0 Å². The third-order valence-corrected chi connectivity index (χ3v) is 3.90. The second kappa shape index (κ2) is 10.6. The van der Waals surface area contributed by atoms with Crippen LogP contribution in [0.1, 0.15) is 43.2 Å². The minimum absolute atomic E-state index is 0.0576. The van der Waals surface area contributed by atoms with Gasteiger partial charge in [-0.3, -0.25) is 4.79 Å². The summed E-state index contributed by atoms with van der Waals surface area (Å²) in [6, 6.07) is 20.8. The van der Waals surface area contributed by atoms with Crippen LogP contribution in [-0.4, -0.2) is 12.6 Å². The van der Waals surface area contributed by atoms with Crippen molar-refractivity contribution < 1.29 is 9.53 Å². The number of carbonyl (C=O) groups is 1. The molecule has 0 aliphatic heterocycles. The van der Waals surface area contributed by atoms with Crippen LogP contribution in [0.15, 0.2) is 60.7 Å². The van der Waals surface area contributed by atoms with Crippen molar-refractivity contribution in [2.75, 3.05) is 6.61 Å². The third-order valence-electron chi connectivity index (χ3n) is 3.90. The van der Waals surface area contributed by atoms with Crippen LogP contribution in [0.3, 0.4) is 0 Å². The molecule has 0 aromatic heterocycles. The number of esters is 1. The SMILES string of the molecule is O=C(CCCCc1ccccc1)OCCCCc1ccccc1. The molecule has 0 bridgehead atoms. The highest BCUT2D eigenvalue weighted by Gasteiger charge is 2.03. The van der Waals surface area contributed by atoms with E-state index in [1.165, 1.54) is 11.1 Å². The molecule has 2 heteroatoms. The number of aryl methyl sites for hydroxylation is 2. The fourth-order valence-corrected chi connectivity index (χ4v) is 2.58. The molecule has 122 valence electrons. The molecule has 2 aromatic carbocycles. The van der Waals surface area contributed by atoms with E-state index in [1.54, 1.807) is 0 Å². The molecule has 2 nitrogen and oxygen atoms in total. The molecular formula is C21H26O2. The normalized spacial score (nSPS) is 10.4. The first-order valence-corrected chi connectivity index (χ1v) is 8.58. The fourth-order valence-electron chi connectivity index (χ4n) is 2.58. The van der Waals surface area contributed by atoms with Gasteiger partial charge in [0.2, 0.25) is 0 Å². The summed E-state index contributed by atoms with van der Waals surface area (Å²) in [6.45, 7) is 0.546. The summed E-state index contributed by atoms with van der Waals surface area (Å²) < 4.78 is 5.29. The summed E-state index contributed by atoms with van der Waals surface area (Å²) in [4.78, 5) is 11.7. The van der Waals surface area contributed by atoms with E-state index in [4.69, 9.17) is 4.74 Å². The van der Waals surface area contributed by atoms with Gasteiger partial charge in [0, 0.05) is 6.42 Å². The van der Waals surface area contributed by atoms with Crippen molar-refractivity contribution in [1.29, 1.82) is 0 Å². The van der Waals surface area contributed by atoms with Gasteiger partial charge in [0.1, 0.15) is 0 Å². The molecule has 0 aliphatic carbocycles. The minimum Gasteiger partial charge on any atom is -0.466 e. The van der Waals surface area contributed by atoms with E-state index in [2.05, 4.69) is 48.5 Å². The zero-order valence-corrected chi connectivity index (χ0v) is 13.7. The summed E-state index contributed by atoms with van der Waals surface area (Å²) in [5, 5.41) is 0. The molecule has 0 spiro atoms. The zero-order valence-electron chi connectivity index (χ0n) is 13.7. The Morgan fingerprint density at radius 2 is 1.22 bits per heavy atom. The van der Waals surface area contributed by atoms with Gasteiger partial charge in [-0.25, -0.2) is 0 Å². The van der Waals surface area contributed by atoms with E-state index in [-0.39, 0.29) is 5.97 Å². The summed E-state index contributed by atoms with van der Waals surface area (Å²) in [6.07, 6.45) is 6.55. The molecule has 0 amide bonds. The lowest BCUT2D eigenvalue weighted by molar-refractivity contribution is -0.143. The van der Waals surface area contributed by atoms with Gasteiger partial charge >= 0.3 is 5.97 Å². The lowest BCUT2D eigenvalue weighted by Gasteiger charge is -2.05. The number of ether oxygens (including phenoxy) is 1. The van der Waals surface area contributed by atoms with Crippen molar-refractivity contribution in [1.82, 2.24) is 0 Å². The Bertz CT molecular complexity index is 549. The maximum Gasteiger partial charge on any atom is 0.305 e. The Morgan fingerprint density at radius 3 is 1.78 bits per heavy atom. The number of carbonyl (C=O) groups excluding carboxylic acids is 1. The van der Waals surface area contributed by atoms with Gasteiger partial charge in [-0.1, -0.05) is 60.7 Å². The molecule has 0 radical (unpaired) electrons. The summed E-state index contributed by atoms with van der Waals surface area (Å²) >= 11 is 0. The second-order valence-electron chi connectivity index (χ2n) is 5.86. The smallest absolute Gasteiger partial charge is 0.305 e. The zero-order chi connectivity index (χ0) is 16.2. The molecule has 0 N–H and O–H groups in total. The molecule has 0 saturated heterocycles. The van der Waals surface area contributed by atoms with Crippen molar-refractivity contribution in [3.05, 3.63) is 71.8 Å². The van der Waals surface area contributed by atoms with E-state index < -0.39 is 0 Å². The van der Waals surface area contributed by atoms with Crippen LogP contribution in [0.25, 0.3) is 0 Å². The van der Waals surface area contributed by atoms with E-state index in [0.717, 1.165) is 38.5 Å². The Hall–Kier alpha value is -2.09. The Labute approximate surface area is 139 Å². The van der Waals surface area contributed by atoms with Gasteiger partial charge in [-0.15, -0.1) is 0 Å². The van der Waals surface area contributed by atoms with E-state index in [0.29, 0.717) is 13.0 Å². The number of hydrogen-bond donors (Lipinski definition) is 0. The largest absolute Gasteiger partial charge is 0.466 e. The van der Waals surface area contributed by atoms with Crippen LogP contribution in [0, 0.1) is 0 Å². The van der Waals surface area contributed by atoms with Crippen molar-refractivity contribution in [3.8, 4) is 0 Å². The average molecular weight is 310 g/mol. The molecule has 0 aliphatic rings. The fraction of sp³-hybridized carbons (Fsp3) is 0.381. The highest BCUT2D eigenvalue weighted by Crippen LogP contribution is 2.08. The first-order valence-electron chi connectivity index (χ1n) is 8.58. The van der Waals surface area contributed by atoms with Crippen LogP contribution in [0.4, 0.5) is 0 Å². The lowest BCUT2D eigenvalue weighted by Crippen LogP contribution is -2.06. The molecule has 23 heavy (non-hydrogen) atoms. The van der Waals surface area contributed by atoms with Crippen LogP contribution >= 0.6 is 0 Å². The topological polar surface area (TPSA) is 26.3 Å². The monoisotopic (exact) mass is 310 g/mol. The quantitative estimate of drug-likeness (QED) is 0.458. The van der Waals surface area contributed by atoms with Crippen LogP contribution in [0.5, 0.6) is 0 Å². The highest BCUT2D eigenvalue weighted by molar-refractivity contribution is 5.69. The van der Waals surface area contributed by atoms with Gasteiger partial charge in [0.05, 0.1) is 6.61 Å². The Balaban J connectivity index is 1.45. The summed E-state index contributed by atoms with van der Waals surface area (Å²) in [5.74, 6) is -0.0576. The molecular weight excluding hydrogens is 284 g/mol. The van der Waals surface area contributed by atoms with Gasteiger partial charge < -0.3 is 4.74 Å². The molecule has 0 unspecified atom stereocenters. The van der Waals surface area contributed by atoms with Crippen molar-refractivity contribution in [2.45, 2.75) is 44.9 Å². The summed E-state index contributed by atoms with van der Waals surface area (Å²) in [5.41, 5.74) is 2.68. The predicted octanol–water partition coefficient (Wildman–Crippen LogP) is 4.97. The van der Waals surface area contributed by atoms with Crippen molar-refractivity contribution in [2.24, 2.45) is 0 Å². The summed E-state index contributed by atoms with van der Waals surface area (Å²) in [7, 11) is 0. The highest BCUT2D eigenvalue weighted by atomic mass is 16.5. The molecule has 0 fully saturated rings. The maximum absolute atomic E-state index is 11.7. The van der Waals surface area contributed by atoms with Gasteiger partial charge in [-0.05, 0) is 49.7 Å². The van der Waals surface area contributed by atoms with Gasteiger partial charge in [0.15, 0.2) is 0 Å². The van der Waals surface area contributed by atoms with E-state index in [1.807, 2.05) is 12.1 Å². The van der Waals surface area contributed by atoms with Crippen LogP contribution in [0.2, 0.25) is 0 Å². The van der Waals surface area contributed by atoms with Crippen LogP contribution in [-0.2, 0) is 22.4 Å². The Morgan fingerprint density at radius 1 is 0.696 bits per heavy atom. The number of benzene rings is 2. The molecule has 0 atom stereocenters. The molecule has 0 saturated carbocycles. The Kier molecular flexibility index (Phi) is 7.96. The van der Waals surface area contributed by atoms with E-state index in [9.17, 15) is 4.79 Å². The number of unbranched alkanes of at least 4 members (excludes halogenated alkanes) is 2. The second-order valence-corrected chi connectivity index (χ2v) is 5.86. The first-order chi connectivity index (χ1) is 11.3. The number of rotatable bonds is 10.